The van der Waals surface area contributed by atoms with Gasteiger partial charge in [-0.15, -0.1) is 0 Å². The summed E-state index contributed by atoms with van der Waals surface area (Å²) in [5.41, 5.74) is 12.0. The molecule has 0 saturated heterocycles. The number of guanidine groups is 1. The second kappa shape index (κ2) is 65.4. The van der Waals surface area contributed by atoms with E-state index in [0.717, 1.165) is 6.92 Å². The van der Waals surface area contributed by atoms with Gasteiger partial charge in [0.15, 0.2) is 5.96 Å². The molecular weight excluding hydrogens is 1890 g/mol. The number of nitrogens with one attached hydrogen (secondary N) is 23. The number of aliphatic carboxylic acids is 1. The maximum Gasteiger partial charge on any atom is 0.326 e. The molecule has 0 heterocycles. The molecule has 0 aliphatic rings. The minimum atomic E-state index is -1.83. The van der Waals surface area contributed by atoms with Crippen LogP contribution in [0.4, 0.5) is 0 Å². The first kappa shape index (κ1) is 125. The van der Waals surface area contributed by atoms with Crippen LogP contribution in [0, 0.1) is 35.0 Å². The first-order valence-corrected chi connectivity index (χ1v) is 48.6. The zero-order valence-corrected chi connectivity index (χ0v) is 84.9. The van der Waals surface area contributed by atoms with Gasteiger partial charge in [0.05, 0.1) is 58.0 Å². The average Bonchev–Trinajstić information content (AvgIpc) is 0.844. The van der Waals surface area contributed by atoms with Crippen LogP contribution in [0.5, 0.6) is 0 Å². The van der Waals surface area contributed by atoms with Gasteiger partial charge in [-0.25, -0.2) is 4.79 Å². The van der Waals surface area contributed by atoms with Crippen molar-refractivity contribution < 1.29 is 121 Å². The highest BCUT2D eigenvalue weighted by atomic mass is 32.2. The summed E-state index contributed by atoms with van der Waals surface area (Å²) in [6.07, 6.45) is 0.268. The van der Waals surface area contributed by atoms with E-state index in [2.05, 4.69) is 117 Å². The molecule has 21 amide bonds. The molecule has 2 aromatic carbocycles. The van der Waals surface area contributed by atoms with Crippen LogP contribution in [0.15, 0.2) is 60.7 Å². The summed E-state index contributed by atoms with van der Waals surface area (Å²) >= 11 is 1.27. The standard InChI is InChI=1S/C92H149N25O25S/c1-18-50(10)74(115-72(125)44-101-88(138)73(49(8)9)116-76(126)51(11)93)89(139)102-41-69(122)105-55(15)80(130)111-63(36-48(6)7)84(134)114-65(38-58-28-23-20-24-29-58)86(136)113-62(35-47(4)5)83(133)100-43-70(123)107-64(37-57-26-21-19-22-27-57)85(135)112-61(34-46(2)3)82(132)99-40-68(121)103-53(13)78(128)106-52(12)77(127)97-42-71(124)108-66(45-118)87(137)117-75(56(16)119)90(140)109-59(31-33-143-17)81(131)98-39-67(120)104-54(14)79(129)110-60(91(141)142)30-25-32-96-92(94)95/h19-24,26-29,46-56,59-66,73-75,118-119H,18,25,30-45,93H2,1-17H3,(H,97,127)(H,98,131)(H,99,132)(H,100,133)(H,101,138)(H,102,139)(H,103,121)(H,104,120)(H,105,122)(H,106,128)(H,107,123)(H,108,124)(H,109,140)(H,110,129)(H,111,130)(H,112,135)(H,113,136)(H,114,134)(H,115,125)(H,116,126)(H,117,137)(H,141,142)(H4,94,95,96)/t50-,51-,52-,53-,54-,55-,56+,59-,60-,61-,62-,63-,64-,65-,66-,73-,74-,75-/m0/s1. The first-order chi connectivity index (χ1) is 67.1. The largest absolute Gasteiger partial charge is 0.480 e. The van der Waals surface area contributed by atoms with Crippen molar-refractivity contribution in [3.05, 3.63) is 71.8 Å². The summed E-state index contributed by atoms with van der Waals surface area (Å²) < 4.78 is 0. The Morgan fingerprint density at radius 2 is 0.671 bits per heavy atom. The van der Waals surface area contributed by atoms with Gasteiger partial charge >= 0.3 is 5.97 Å². The van der Waals surface area contributed by atoms with Crippen molar-refractivity contribution in [2.24, 2.45) is 41.1 Å². The third-order valence-corrected chi connectivity index (χ3v) is 22.3. The van der Waals surface area contributed by atoms with Crippen LogP contribution in [0.2, 0.25) is 0 Å². The van der Waals surface area contributed by atoms with Crippen LogP contribution < -0.4 is 128 Å². The molecule has 51 heteroatoms. The molecule has 50 nitrogen and oxygen atoms in total. The van der Waals surface area contributed by atoms with Gasteiger partial charge in [0.2, 0.25) is 124 Å². The lowest BCUT2D eigenvalue weighted by Crippen LogP contribution is -2.61. The molecule has 0 aliphatic carbocycles. The Balaban J connectivity index is 2.15. The van der Waals surface area contributed by atoms with Gasteiger partial charge in [-0.1, -0.05) is 136 Å². The summed E-state index contributed by atoms with van der Waals surface area (Å²) in [5, 5.41) is 91.4. The summed E-state index contributed by atoms with van der Waals surface area (Å²) in [6, 6.07) is -4.75. The van der Waals surface area contributed by atoms with Gasteiger partial charge in [0.25, 0.3) is 0 Å². The van der Waals surface area contributed by atoms with Crippen molar-refractivity contribution in [2.45, 2.75) is 271 Å². The number of carbonyl (C=O) groups excluding carboxylic acids is 21. The fourth-order valence-corrected chi connectivity index (χ4v) is 14.0. The number of benzene rings is 2. The third kappa shape index (κ3) is 49.5. The molecule has 143 heavy (non-hydrogen) atoms. The van der Waals surface area contributed by atoms with Crippen molar-refractivity contribution in [1.82, 2.24) is 117 Å². The van der Waals surface area contributed by atoms with Crippen molar-refractivity contribution in [3.63, 3.8) is 0 Å². The zero-order chi connectivity index (χ0) is 108. The SMILES string of the molecule is CC[C@H](C)[C@H](NC(=O)CNC(=O)[C@@H](NC(=O)[C@H](C)N)C(C)C)C(=O)NCC(=O)N[C@@H](C)C(=O)N[C@@H](CC(C)C)C(=O)N[C@@H](Cc1ccccc1)C(=O)N[C@@H](CC(C)C)C(=O)NCC(=O)N[C@@H](Cc1ccccc1)C(=O)N[C@@H](CC(C)C)C(=O)NCC(=O)N[C@@H](C)C(=O)N[C@@H](C)C(=O)NCC(=O)N[C@@H](CO)C(=O)N[C@H](C(=O)N[C@@H](CCSC)C(=O)NCC(=O)N[C@@H](C)C(=O)N[C@@H](CCCNC(=N)N)C(=O)O)[C@@H](C)O. The Morgan fingerprint density at radius 1 is 0.343 bits per heavy atom. The Kier molecular flexibility index (Phi) is 57.3. The number of carboxylic acids is 1. The van der Waals surface area contributed by atoms with Crippen LogP contribution in [0.3, 0.4) is 0 Å². The van der Waals surface area contributed by atoms with E-state index in [4.69, 9.17) is 16.9 Å². The number of nitrogens with two attached hydrogens (primary N) is 2. The quantitative estimate of drug-likeness (QED) is 0.0166. The lowest BCUT2D eigenvalue weighted by atomic mass is 9.98. The van der Waals surface area contributed by atoms with E-state index in [-0.39, 0.29) is 93.3 Å². The highest BCUT2D eigenvalue weighted by molar-refractivity contribution is 7.98. The number of hydrogen-bond donors (Lipinski definition) is 28. The predicted molar refractivity (Wildman–Crippen MR) is 525 cm³/mol. The van der Waals surface area contributed by atoms with Crippen molar-refractivity contribution in [1.29, 1.82) is 5.41 Å². The number of hydrogen-bond acceptors (Lipinski definition) is 27. The summed E-state index contributed by atoms with van der Waals surface area (Å²) in [4.78, 5) is 295. The third-order valence-electron chi connectivity index (χ3n) is 21.7. The number of rotatable bonds is 65. The van der Waals surface area contributed by atoms with E-state index in [1.165, 1.54) is 46.4 Å². The number of thioether (sulfide) groups is 1. The van der Waals surface area contributed by atoms with Gasteiger partial charge in [0.1, 0.15) is 90.6 Å². The molecule has 18 atom stereocenters. The van der Waals surface area contributed by atoms with Gasteiger partial charge in [-0.3, -0.25) is 106 Å². The Bertz CT molecular complexity index is 4630. The number of carboxylic acid groups (broad SMARTS) is 1. The molecule has 30 N–H and O–H groups in total. The molecule has 0 aliphatic heterocycles. The minimum absolute atomic E-state index is 0.00181. The van der Waals surface area contributed by atoms with E-state index in [9.17, 15) is 121 Å². The van der Waals surface area contributed by atoms with Gasteiger partial charge in [0, 0.05) is 19.4 Å². The Morgan fingerprint density at radius 3 is 1.06 bits per heavy atom. The number of aliphatic hydroxyl groups excluding tert-OH is 2. The molecule has 0 aromatic heterocycles. The second-order valence-corrected chi connectivity index (χ2v) is 37.2. The summed E-state index contributed by atoms with van der Waals surface area (Å²) in [6.45, 7) is 19.7. The van der Waals surface area contributed by atoms with E-state index in [1.54, 1.807) is 136 Å². The smallest absolute Gasteiger partial charge is 0.326 e. The Hall–Kier alpha value is -13.7. The normalized spacial score (nSPS) is 14.9. The van der Waals surface area contributed by atoms with Gasteiger partial charge in [-0.2, -0.15) is 11.8 Å². The highest BCUT2D eigenvalue weighted by Crippen LogP contribution is 2.16. The van der Waals surface area contributed by atoms with Crippen LogP contribution in [0.1, 0.15) is 167 Å². The fraction of sp³-hybridized carbons (Fsp3) is 0.620. The van der Waals surface area contributed by atoms with E-state index < -0.39 is 285 Å². The molecule has 0 saturated carbocycles. The van der Waals surface area contributed by atoms with Crippen LogP contribution in [0.25, 0.3) is 0 Å². The molecule has 0 bridgehead atoms. The number of aliphatic hydroxyl groups is 2. The van der Waals surface area contributed by atoms with Crippen molar-refractivity contribution >= 4 is 148 Å². The minimum Gasteiger partial charge on any atom is -0.480 e. The van der Waals surface area contributed by atoms with Crippen LogP contribution in [-0.2, 0) is 118 Å². The molecule has 0 unspecified atom stereocenters. The highest BCUT2D eigenvalue weighted by Gasteiger charge is 2.38. The van der Waals surface area contributed by atoms with Gasteiger partial charge < -0.3 is 144 Å². The maximum absolute atomic E-state index is 14.6. The fourth-order valence-electron chi connectivity index (χ4n) is 13.5. The van der Waals surface area contributed by atoms with E-state index in [1.807, 2.05) is 0 Å². The second-order valence-electron chi connectivity index (χ2n) is 36.2. The lowest BCUT2D eigenvalue weighted by Gasteiger charge is -2.27. The lowest BCUT2D eigenvalue weighted by molar-refractivity contribution is -0.142. The molecule has 2 rings (SSSR count). The molecule has 0 fully saturated rings. The topological polar surface area (TPSA) is 777 Å². The van der Waals surface area contributed by atoms with Gasteiger partial charge in [-0.05, 0) is 133 Å². The molecular formula is C92H149N25O25S. The van der Waals surface area contributed by atoms with Crippen molar-refractivity contribution in [3.8, 4) is 0 Å². The Labute approximate surface area is 835 Å². The van der Waals surface area contributed by atoms with E-state index in [0.29, 0.717) is 17.5 Å². The molecule has 0 spiro atoms. The van der Waals surface area contributed by atoms with Crippen molar-refractivity contribution in [2.75, 3.05) is 64.4 Å². The first-order valence-electron chi connectivity index (χ1n) is 47.2. The zero-order valence-electron chi connectivity index (χ0n) is 84.1. The monoisotopic (exact) mass is 2040 g/mol. The average molecular weight is 2040 g/mol. The van der Waals surface area contributed by atoms with E-state index >= 15 is 0 Å². The maximum atomic E-state index is 14.6. The molecule has 2 aromatic rings. The predicted octanol–water partition coefficient (Wildman–Crippen LogP) is -7.82. The number of carbonyl (C=O) groups is 22. The number of amides is 21. The molecule has 798 valence electrons. The summed E-state index contributed by atoms with van der Waals surface area (Å²) in [7, 11) is 0. The van der Waals surface area contributed by atoms with Crippen LogP contribution >= 0.6 is 11.8 Å². The van der Waals surface area contributed by atoms with Crippen LogP contribution in [-0.4, -0.2) is 319 Å². The molecule has 0 radical (unpaired) electrons. The summed E-state index contributed by atoms with van der Waals surface area (Å²) in [5.74, 6) is -21.5.